The number of nitrogens with zero attached hydrogens (tertiary/aromatic N) is 6. The fourth-order valence-corrected chi connectivity index (χ4v) is 3.02. The Morgan fingerprint density at radius 1 is 0.806 bits per heavy atom. The van der Waals surface area contributed by atoms with E-state index in [1.165, 1.54) is 16.9 Å². The van der Waals surface area contributed by atoms with Gasteiger partial charge in [0.05, 0.1) is 17.6 Å². The molecule has 2 aromatic carbocycles. The van der Waals surface area contributed by atoms with Crippen LogP contribution in [0.2, 0.25) is 0 Å². The van der Waals surface area contributed by atoms with Crippen LogP contribution < -0.4 is 4.74 Å². The van der Waals surface area contributed by atoms with Gasteiger partial charge >= 0.3 is 0 Å². The smallest absolute Gasteiger partial charge is 0.223 e. The molecular formula is C23H15FN6O. The van der Waals surface area contributed by atoms with E-state index in [1.54, 1.807) is 36.7 Å². The molecule has 0 radical (unpaired) electrons. The van der Waals surface area contributed by atoms with Crippen molar-refractivity contribution in [2.75, 3.05) is 0 Å². The van der Waals surface area contributed by atoms with E-state index in [4.69, 9.17) is 4.74 Å². The number of aromatic nitrogens is 6. The lowest BCUT2D eigenvalue weighted by Gasteiger charge is -2.07. The van der Waals surface area contributed by atoms with Gasteiger partial charge in [-0.25, -0.2) is 9.37 Å². The van der Waals surface area contributed by atoms with Crippen LogP contribution in [0.25, 0.3) is 28.5 Å². The van der Waals surface area contributed by atoms with Crippen LogP contribution in [0.5, 0.6) is 11.5 Å². The summed E-state index contributed by atoms with van der Waals surface area (Å²) in [6, 6.07) is 23.1. The number of benzene rings is 2. The van der Waals surface area contributed by atoms with E-state index < -0.39 is 5.82 Å². The first-order chi connectivity index (χ1) is 15.2. The van der Waals surface area contributed by atoms with Crippen LogP contribution in [0.1, 0.15) is 0 Å². The summed E-state index contributed by atoms with van der Waals surface area (Å²) in [6.07, 6.45) is 3.17. The minimum atomic E-state index is -0.487. The molecule has 0 aliphatic heterocycles. The maximum absolute atomic E-state index is 14.2. The summed E-state index contributed by atoms with van der Waals surface area (Å²) in [5.74, 6) is 0.635. The number of hydrogen-bond donors (Lipinski definition) is 0. The number of halogens is 1. The first-order valence-electron chi connectivity index (χ1n) is 9.46. The first-order valence-corrected chi connectivity index (χ1v) is 9.46. The van der Waals surface area contributed by atoms with E-state index in [0.717, 1.165) is 11.3 Å². The normalized spacial score (nSPS) is 10.7. The number of rotatable bonds is 5. The van der Waals surface area contributed by atoms with Crippen LogP contribution in [0, 0.1) is 5.82 Å². The molecule has 0 fully saturated rings. The average Bonchev–Trinajstić information content (AvgIpc) is 3.31. The molecule has 0 aliphatic carbocycles. The van der Waals surface area contributed by atoms with Gasteiger partial charge in [0.1, 0.15) is 23.0 Å². The Bertz CT molecular complexity index is 1320. The average molecular weight is 410 g/mol. The van der Waals surface area contributed by atoms with Crippen molar-refractivity contribution in [2.24, 2.45) is 0 Å². The van der Waals surface area contributed by atoms with Gasteiger partial charge in [-0.1, -0.05) is 36.4 Å². The van der Waals surface area contributed by atoms with Gasteiger partial charge in [-0.05, 0) is 29.5 Å². The van der Waals surface area contributed by atoms with Gasteiger partial charge in [-0.2, -0.15) is 0 Å². The molecule has 3 aromatic heterocycles. The predicted octanol–water partition coefficient (Wildman–Crippen LogP) is 4.72. The Labute approximate surface area is 176 Å². The second kappa shape index (κ2) is 8.11. The molecule has 0 atom stereocenters. The van der Waals surface area contributed by atoms with Gasteiger partial charge in [0.2, 0.25) is 5.82 Å². The lowest BCUT2D eigenvalue weighted by atomic mass is 10.1. The van der Waals surface area contributed by atoms with Crippen LogP contribution in [0.15, 0.2) is 91.3 Å². The standard InChI is InChI=1S/C23H15FN6O/c24-17-12-18(14-20(13-17)31-19-8-5-11-25-15-19)30-28-23(27-29-30)22-10-4-9-21(26-22)16-6-2-1-3-7-16/h1-15H. The minimum Gasteiger partial charge on any atom is -0.456 e. The molecule has 0 saturated carbocycles. The van der Waals surface area contributed by atoms with Crippen molar-refractivity contribution >= 4 is 0 Å². The molecule has 0 saturated heterocycles. The van der Waals surface area contributed by atoms with Gasteiger partial charge in [-0.15, -0.1) is 15.0 Å². The summed E-state index contributed by atoms with van der Waals surface area (Å²) in [5.41, 5.74) is 2.72. The fraction of sp³-hybridized carbons (Fsp3) is 0. The minimum absolute atomic E-state index is 0.297. The van der Waals surface area contributed by atoms with Crippen molar-refractivity contribution in [3.63, 3.8) is 0 Å². The lowest BCUT2D eigenvalue weighted by molar-refractivity contribution is 0.473. The third-order valence-corrected chi connectivity index (χ3v) is 4.42. The van der Waals surface area contributed by atoms with Crippen molar-refractivity contribution in [3.8, 4) is 40.0 Å². The zero-order valence-electron chi connectivity index (χ0n) is 16.1. The van der Waals surface area contributed by atoms with Crippen molar-refractivity contribution in [3.05, 3.63) is 97.1 Å². The Morgan fingerprint density at radius 2 is 1.68 bits per heavy atom. The molecule has 0 bridgehead atoms. The van der Waals surface area contributed by atoms with E-state index in [2.05, 4.69) is 25.4 Å². The zero-order chi connectivity index (χ0) is 21.0. The Kier molecular flexibility index (Phi) is 4.86. The summed E-state index contributed by atoms with van der Waals surface area (Å²) in [7, 11) is 0. The second-order valence-electron chi connectivity index (χ2n) is 6.61. The SMILES string of the molecule is Fc1cc(Oc2cccnc2)cc(-n2nnc(-c3cccc(-c4ccccc4)n3)n2)c1. The van der Waals surface area contributed by atoms with Gasteiger partial charge in [-0.3, -0.25) is 4.98 Å². The molecule has 0 N–H and O–H groups in total. The van der Waals surface area contributed by atoms with Crippen molar-refractivity contribution < 1.29 is 9.13 Å². The van der Waals surface area contributed by atoms with Crippen molar-refractivity contribution in [1.82, 2.24) is 30.2 Å². The van der Waals surface area contributed by atoms with Crippen LogP contribution in [0.4, 0.5) is 4.39 Å². The molecule has 8 heteroatoms. The van der Waals surface area contributed by atoms with Gasteiger partial charge in [0, 0.05) is 30.0 Å². The number of ether oxygens (including phenoxy) is 1. The van der Waals surface area contributed by atoms with Crippen LogP contribution in [-0.4, -0.2) is 30.2 Å². The van der Waals surface area contributed by atoms with Gasteiger partial charge in [0.15, 0.2) is 0 Å². The second-order valence-corrected chi connectivity index (χ2v) is 6.61. The molecule has 0 unspecified atom stereocenters. The molecular weight excluding hydrogens is 395 g/mol. The highest BCUT2D eigenvalue weighted by molar-refractivity contribution is 5.62. The van der Waals surface area contributed by atoms with Crippen LogP contribution >= 0.6 is 0 Å². The quantitative estimate of drug-likeness (QED) is 0.417. The summed E-state index contributed by atoms with van der Waals surface area (Å²) in [5, 5.41) is 12.5. The van der Waals surface area contributed by atoms with Gasteiger partial charge in [0.25, 0.3) is 0 Å². The Balaban J connectivity index is 1.45. The summed E-state index contributed by atoms with van der Waals surface area (Å²) in [4.78, 5) is 9.85. The Morgan fingerprint density at radius 3 is 2.52 bits per heavy atom. The topological polar surface area (TPSA) is 78.6 Å². The van der Waals surface area contributed by atoms with E-state index in [0.29, 0.717) is 28.7 Å². The molecule has 0 amide bonds. The third kappa shape index (κ3) is 4.13. The van der Waals surface area contributed by atoms with E-state index >= 15 is 0 Å². The summed E-state index contributed by atoms with van der Waals surface area (Å²) >= 11 is 0. The van der Waals surface area contributed by atoms with E-state index in [-0.39, 0.29) is 0 Å². The summed E-state index contributed by atoms with van der Waals surface area (Å²) < 4.78 is 19.9. The maximum Gasteiger partial charge on any atom is 0.223 e. The van der Waals surface area contributed by atoms with Crippen LogP contribution in [-0.2, 0) is 0 Å². The molecule has 5 rings (SSSR count). The molecule has 31 heavy (non-hydrogen) atoms. The molecule has 5 aromatic rings. The maximum atomic E-state index is 14.2. The number of tetrazole rings is 1. The highest BCUT2D eigenvalue weighted by Crippen LogP contribution is 2.25. The molecule has 0 spiro atoms. The fourth-order valence-electron chi connectivity index (χ4n) is 3.02. The molecule has 7 nitrogen and oxygen atoms in total. The van der Waals surface area contributed by atoms with Crippen molar-refractivity contribution in [2.45, 2.75) is 0 Å². The zero-order valence-corrected chi connectivity index (χ0v) is 16.1. The first kappa shape index (κ1) is 18.6. The summed E-state index contributed by atoms with van der Waals surface area (Å²) in [6.45, 7) is 0. The highest BCUT2D eigenvalue weighted by atomic mass is 19.1. The number of hydrogen-bond acceptors (Lipinski definition) is 6. The van der Waals surface area contributed by atoms with Crippen molar-refractivity contribution in [1.29, 1.82) is 0 Å². The van der Waals surface area contributed by atoms with E-state index in [9.17, 15) is 4.39 Å². The van der Waals surface area contributed by atoms with Crippen LogP contribution in [0.3, 0.4) is 0 Å². The monoisotopic (exact) mass is 410 g/mol. The lowest BCUT2D eigenvalue weighted by Crippen LogP contribution is -2.00. The Hall–Kier alpha value is -4.46. The molecule has 3 heterocycles. The predicted molar refractivity (Wildman–Crippen MR) is 112 cm³/mol. The molecule has 150 valence electrons. The number of pyridine rings is 2. The largest absolute Gasteiger partial charge is 0.456 e. The van der Waals surface area contributed by atoms with E-state index in [1.807, 2.05) is 42.5 Å². The highest BCUT2D eigenvalue weighted by Gasteiger charge is 2.12. The third-order valence-electron chi connectivity index (χ3n) is 4.42. The molecule has 0 aliphatic rings. The van der Waals surface area contributed by atoms with Gasteiger partial charge < -0.3 is 4.74 Å².